The Morgan fingerprint density at radius 3 is 2.21 bits per heavy atom. The molecule has 3 heteroatoms. The molecule has 0 saturated heterocycles. The van der Waals surface area contributed by atoms with Gasteiger partial charge in [0.05, 0.1) is 10.2 Å². The van der Waals surface area contributed by atoms with E-state index in [1.807, 2.05) is 72.8 Å². The van der Waals surface area contributed by atoms with Crippen LogP contribution in [0.3, 0.4) is 0 Å². The molecule has 0 saturated carbocycles. The number of benzene rings is 3. The van der Waals surface area contributed by atoms with E-state index in [0.717, 1.165) is 32.3 Å². The van der Waals surface area contributed by atoms with Gasteiger partial charge in [-0.2, -0.15) is 0 Å². The third-order valence-electron chi connectivity index (χ3n) is 3.57. The van der Waals surface area contributed by atoms with Crippen molar-refractivity contribution in [1.82, 2.24) is 4.98 Å². The minimum atomic E-state index is 0.758. The Bertz CT molecular complexity index is 941. The third-order valence-corrected chi connectivity index (χ3v) is 4.62. The SMILES string of the molecule is C(=C(Oc1ccccc1)c1nc2ccccc2s1)c1ccccc1. The Balaban J connectivity index is 1.79. The van der Waals surface area contributed by atoms with E-state index in [1.165, 1.54) is 0 Å². The van der Waals surface area contributed by atoms with Gasteiger partial charge in [-0.1, -0.05) is 60.7 Å². The predicted octanol–water partition coefficient (Wildman–Crippen LogP) is 5.87. The van der Waals surface area contributed by atoms with Gasteiger partial charge in [-0.05, 0) is 35.9 Å². The summed E-state index contributed by atoms with van der Waals surface area (Å²) in [4.78, 5) is 4.73. The minimum Gasteiger partial charge on any atom is -0.454 e. The number of hydrogen-bond donors (Lipinski definition) is 0. The minimum absolute atomic E-state index is 0.758. The van der Waals surface area contributed by atoms with Crippen LogP contribution in [-0.2, 0) is 0 Å². The van der Waals surface area contributed by atoms with Crippen LogP contribution in [0.4, 0.5) is 0 Å². The summed E-state index contributed by atoms with van der Waals surface area (Å²) in [6, 6.07) is 28.1. The highest BCUT2D eigenvalue weighted by Crippen LogP contribution is 2.30. The van der Waals surface area contributed by atoms with Gasteiger partial charge in [-0.15, -0.1) is 11.3 Å². The van der Waals surface area contributed by atoms with Crippen LogP contribution in [-0.4, -0.2) is 4.98 Å². The zero-order chi connectivity index (χ0) is 16.2. The van der Waals surface area contributed by atoms with Crippen molar-refractivity contribution < 1.29 is 4.74 Å². The molecule has 0 N–H and O–H groups in total. The fourth-order valence-electron chi connectivity index (χ4n) is 2.43. The second-order valence-corrected chi connectivity index (χ2v) is 6.35. The standard InChI is InChI=1S/C21H15NOS/c1-3-9-16(10-4-1)15-19(23-17-11-5-2-6-12-17)21-22-18-13-7-8-14-20(18)24-21/h1-15H. The first-order valence-corrected chi connectivity index (χ1v) is 8.56. The monoisotopic (exact) mass is 329 g/mol. The fraction of sp³-hybridized carbons (Fsp3) is 0. The van der Waals surface area contributed by atoms with Crippen LogP contribution >= 0.6 is 11.3 Å². The van der Waals surface area contributed by atoms with Crippen LogP contribution in [0.25, 0.3) is 22.1 Å². The number of para-hydroxylation sites is 2. The van der Waals surface area contributed by atoms with E-state index in [9.17, 15) is 0 Å². The number of ether oxygens (including phenoxy) is 1. The second-order valence-electron chi connectivity index (χ2n) is 5.32. The molecule has 1 aromatic heterocycles. The summed E-state index contributed by atoms with van der Waals surface area (Å²) in [5.74, 6) is 1.56. The number of nitrogens with zero attached hydrogens (tertiary/aromatic N) is 1. The molecule has 0 spiro atoms. The van der Waals surface area contributed by atoms with Crippen LogP contribution in [0.2, 0.25) is 0 Å². The Labute approximate surface area is 144 Å². The molecular formula is C21H15NOS. The van der Waals surface area contributed by atoms with Crippen LogP contribution in [0, 0.1) is 0 Å². The molecule has 4 aromatic rings. The molecule has 0 atom stereocenters. The first kappa shape index (κ1) is 14.7. The summed E-state index contributed by atoms with van der Waals surface area (Å²) in [6.07, 6.45) is 2.03. The predicted molar refractivity (Wildman–Crippen MR) is 101 cm³/mol. The second kappa shape index (κ2) is 6.69. The number of rotatable bonds is 4. The molecule has 0 fully saturated rings. The maximum atomic E-state index is 6.14. The molecule has 1 heterocycles. The molecule has 0 aliphatic carbocycles. The first-order valence-electron chi connectivity index (χ1n) is 7.74. The molecule has 2 nitrogen and oxygen atoms in total. The highest BCUT2D eigenvalue weighted by molar-refractivity contribution is 7.19. The maximum absolute atomic E-state index is 6.14. The van der Waals surface area contributed by atoms with E-state index in [-0.39, 0.29) is 0 Å². The zero-order valence-electron chi connectivity index (χ0n) is 12.9. The lowest BCUT2D eigenvalue weighted by Gasteiger charge is -2.08. The van der Waals surface area contributed by atoms with E-state index in [1.54, 1.807) is 11.3 Å². The molecule has 3 aromatic carbocycles. The van der Waals surface area contributed by atoms with Gasteiger partial charge < -0.3 is 4.74 Å². The highest BCUT2D eigenvalue weighted by Gasteiger charge is 2.11. The van der Waals surface area contributed by atoms with Crippen molar-refractivity contribution in [2.45, 2.75) is 0 Å². The van der Waals surface area contributed by atoms with Gasteiger partial charge in [0.2, 0.25) is 0 Å². The molecule has 0 unspecified atom stereocenters. The highest BCUT2D eigenvalue weighted by atomic mass is 32.1. The summed E-state index contributed by atoms with van der Waals surface area (Å²) >= 11 is 1.64. The molecule has 0 radical (unpaired) electrons. The smallest absolute Gasteiger partial charge is 0.163 e. The lowest BCUT2D eigenvalue weighted by molar-refractivity contribution is 0.518. The van der Waals surface area contributed by atoms with Crippen molar-refractivity contribution in [3.8, 4) is 5.75 Å². The summed E-state index contributed by atoms with van der Waals surface area (Å²) in [5, 5.41) is 0.879. The Morgan fingerprint density at radius 1 is 0.792 bits per heavy atom. The normalized spacial score (nSPS) is 11.6. The van der Waals surface area contributed by atoms with Gasteiger partial charge in [0.15, 0.2) is 10.8 Å². The summed E-state index contributed by atoms with van der Waals surface area (Å²) < 4.78 is 7.30. The Hall–Kier alpha value is -2.91. The number of thiazole rings is 1. The molecule has 0 amide bonds. The summed E-state index contributed by atoms with van der Waals surface area (Å²) in [5.41, 5.74) is 2.08. The molecule has 4 rings (SSSR count). The van der Waals surface area contributed by atoms with Crippen molar-refractivity contribution in [2.24, 2.45) is 0 Å². The molecule has 0 bridgehead atoms. The lowest BCUT2D eigenvalue weighted by Crippen LogP contribution is -1.94. The molecule has 0 aliphatic rings. The van der Waals surface area contributed by atoms with Crippen LogP contribution in [0.1, 0.15) is 10.6 Å². The Morgan fingerprint density at radius 2 is 1.46 bits per heavy atom. The van der Waals surface area contributed by atoms with E-state index in [4.69, 9.17) is 9.72 Å². The molecule has 116 valence electrons. The topological polar surface area (TPSA) is 22.1 Å². The van der Waals surface area contributed by atoms with Gasteiger partial charge in [-0.3, -0.25) is 0 Å². The van der Waals surface area contributed by atoms with E-state index in [0.29, 0.717) is 0 Å². The van der Waals surface area contributed by atoms with Crippen molar-refractivity contribution in [2.75, 3.05) is 0 Å². The average molecular weight is 329 g/mol. The zero-order valence-corrected chi connectivity index (χ0v) is 13.7. The lowest BCUT2D eigenvalue weighted by atomic mass is 10.2. The third kappa shape index (κ3) is 3.21. The largest absolute Gasteiger partial charge is 0.454 e. The van der Waals surface area contributed by atoms with Crippen molar-refractivity contribution in [1.29, 1.82) is 0 Å². The van der Waals surface area contributed by atoms with Gasteiger partial charge in [-0.25, -0.2) is 4.98 Å². The molecular weight excluding hydrogens is 314 g/mol. The van der Waals surface area contributed by atoms with Crippen molar-refractivity contribution in [3.63, 3.8) is 0 Å². The average Bonchev–Trinajstić information content (AvgIpc) is 3.07. The van der Waals surface area contributed by atoms with E-state index < -0.39 is 0 Å². The summed E-state index contributed by atoms with van der Waals surface area (Å²) in [6.45, 7) is 0. The number of aromatic nitrogens is 1. The summed E-state index contributed by atoms with van der Waals surface area (Å²) in [7, 11) is 0. The molecule has 24 heavy (non-hydrogen) atoms. The van der Waals surface area contributed by atoms with Gasteiger partial charge in [0.25, 0.3) is 0 Å². The number of hydrogen-bond acceptors (Lipinski definition) is 3. The maximum Gasteiger partial charge on any atom is 0.163 e. The van der Waals surface area contributed by atoms with Crippen molar-refractivity contribution in [3.05, 3.63) is 95.5 Å². The van der Waals surface area contributed by atoms with Crippen LogP contribution in [0.5, 0.6) is 5.75 Å². The van der Waals surface area contributed by atoms with Gasteiger partial charge in [0.1, 0.15) is 5.75 Å². The van der Waals surface area contributed by atoms with Crippen molar-refractivity contribution >= 4 is 33.4 Å². The Kier molecular flexibility index (Phi) is 4.09. The van der Waals surface area contributed by atoms with E-state index >= 15 is 0 Å². The fourth-order valence-corrected chi connectivity index (χ4v) is 3.35. The first-order chi connectivity index (χ1) is 11.9. The number of fused-ring (bicyclic) bond motifs is 1. The van der Waals surface area contributed by atoms with Crippen LogP contribution < -0.4 is 4.74 Å². The van der Waals surface area contributed by atoms with E-state index in [2.05, 4.69) is 18.2 Å². The quantitative estimate of drug-likeness (QED) is 0.437. The van der Waals surface area contributed by atoms with Gasteiger partial charge in [0, 0.05) is 0 Å². The molecule has 0 aliphatic heterocycles. The van der Waals surface area contributed by atoms with Gasteiger partial charge >= 0.3 is 0 Å². The van der Waals surface area contributed by atoms with Crippen LogP contribution in [0.15, 0.2) is 84.9 Å².